The summed E-state index contributed by atoms with van der Waals surface area (Å²) in [6, 6.07) is 5.86. The van der Waals surface area contributed by atoms with Crippen molar-refractivity contribution in [3.05, 3.63) is 23.8 Å². The van der Waals surface area contributed by atoms with Gasteiger partial charge in [-0.15, -0.1) is 0 Å². The summed E-state index contributed by atoms with van der Waals surface area (Å²) >= 11 is 0. The fraction of sp³-hybridized carbons (Fsp3) is 0.720. The molecule has 0 aromatic heterocycles. The van der Waals surface area contributed by atoms with Crippen molar-refractivity contribution in [1.29, 1.82) is 0 Å². The van der Waals surface area contributed by atoms with Gasteiger partial charge < -0.3 is 19.1 Å². The molecule has 1 saturated heterocycles. The molecular formula is C25H41NO4. The molecule has 1 aliphatic heterocycles. The van der Waals surface area contributed by atoms with Crippen LogP contribution in [0.4, 0.5) is 0 Å². The normalized spacial score (nSPS) is 20.8. The highest BCUT2D eigenvalue weighted by atomic mass is 16.5. The second-order valence-electron chi connectivity index (χ2n) is 9.85. The first-order valence-corrected chi connectivity index (χ1v) is 11.2. The van der Waals surface area contributed by atoms with Crippen molar-refractivity contribution in [3.8, 4) is 11.5 Å². The van der Waals surface area contributed by atoms with Crippen molar-refractivity contribution in [2.75, 3.05) is 27.4 Å². The molecular weight excluding hydrogens is 378 g/mol. The van der Waals surface area contributed by atoms with Crippen LogP contribution in [-0.4, -0.2) is 43.8 Å². The average Bonchev–Trinajstić information content (AvgIpc) is 2.68. The summed E-state index contributed by atoms with van der Waals surface area (Å²) in [7, 11) is 3.27. The summed E-state index contributed by atoms with van der Waals surface area (Å²) in [5, 5.41) is 0. The molecule has 0 spiro atoms. The summed E-state index contributed by atoms with van der Waals surface area (Å²) in [5.74, 6) is 2.18. The third-order valence-corrected chi connectivity index (χ3v) is 6.36. The second-order valence-corrected chi connectivity index (χ2v) is 9.85. The number of ether oxygens (including phenoxy) is 3. The maximum absolute atomic E-state index is 12.4. The summed E-state index contributed by atoms with van der Waals surface area (Å²) in [6.07, 6.45) is 5.55. The molecule has 5 heteroatoms. The molecule has 1 amide bonds. The first-order valence-electron chi connectivity index (χ1n) is 11.2. The van der Waals surface area contributed by atoms with Crippen LogP contribution < -0.4 is 9.47 Å². The van der Waals surface area contributed by atoms with Crippen molar-refractivity contribution < 1.29 is 19.0 Å². The quantitative estimate of drug-likeness (QED) is 0.506. The number of carbonyl (C=O) groups excluding carboxylic acids is 1. The van der Waals surface area contributed by atoms with Crippen molar-refractivity contribution in [1.82, 2.24) is 4.90 Å². The highest BCUT2D eigenvalue weighted by molar-refractivity contribution is 5.73. The van der Waals surface area contributed by atoms with Crippen LogP contribution in [0.15, 0.2) is 18.2 Å². The van der Waals surface area contributed by atoms with E-state index in [0.717, 1.165) is 38.0 Å². The minimum absolute atomic E-state index is 0.0976. The van der Waals surface area contributed by atoms with Gasteiger partial charge in [0.25, 0.3) is 0 Å². The highest BCUT2D eigenvalue weighted by Gasteiger charge is 2.40. The zero-order valence-corrected chi connectivity index (χ0v) is 20.0. The van der Waals surface area contributed by atoms with Gasteiger partial charge in [-0.3, -0.25) is 4.79 Å². The predicted octanol–water partition coefficient (Wildman–Crippen LogP) is 5.45. The molecule has 1 aliphatic rings. The topological polar surface area (TPSA) is 48.0 Å². The molecule has 170 valence electrons. The lowest BCUT2D eigenvalue weighted by atomic mass is 9.68. The summed E-state index contributed by atoms with van der Waals surface area (Å²) in [4.78, 5) is 14.4. The Morgan fingerprint density at radius 3 is 2.43 bits per heavy atom. The number of hydrogen-bond acceptors (Lipinski definition) is 4. The fourth-order valence-corrected chi connectivity index (χ4v) is 4.65. The number of hydrogen-bond donors (Lipinski definition) is 0. The number of carbonyl (C=O) groups is 1. The monoisotopic (exact) mass is 419 g/mol. The number of benzene rings is 1. The van der Waals surface area contributed by atoms with Gasteiger partial charge in [-0.25, -0.2) is 0 Å². The molecule has 0 aliphatic carbocycles. The van der Waals surface area contributed by atoms with Gasteiger partial charge in [0, 0.05) is 26.6 Å². The van der Waals surface area contributed by atoms with E-state index in [1.807, 2.05) is 23.1 Å². The van der Waals surface area contributed by atoms with Gasteiger partial charge in [-0.1, -0.05) is 26.3 Å². The van der Waals surface area contributed by atoms with Crippen LogP contribution in [0.2, 0.25) is 0 Å². The van der Waals surface area contributed by atoms with Gasteiger partial charge in [-0.2, -0.15) is 0 Å². The molecule has 0 saturated carbocycles. The Labute approximate surface area is 183 Å². The van der Waals surface area contributed by atoms with E-state index in [1.54, 1.807) is 21.1 Å². The Morgan fingerprint density at radius 2 is 1.87 bits per heavy atom. The van der Waals surface area contributed by atoms with Crippen LogP contribution in [0.1, 0.15) is 72.3 Å². The second kappa shape index (κ2) is 10.5. The van der Waals surface area contributed by atoms with Crippen LogP contribution in [0.5, 0.6) is 11.5 Å². The van der Waals surface area contributed by atoms with Gasteiger partial charge in [0.05, 0.1) is 19.8 Å². The smallest absolute Gasteiger partial charge is 0.219 e. The minimum atomic E-state index is -0.0976. The molecule has 0 bridgehead atoms. The summed E-state index contributed by atoms with van der Waals surface area (Å²) in [6.45, 7) is 12.8. The highest BCUT2D eigenvalue weighted by Crippen LogP contribution is 2.45. The molecule has 0 N–H and O–H groups in total. The van der Waals surface area contributed by atoms with Crippen molar-refractivity contribution in [3.63, 3.8) is 0 Å². The molecule has 5 nitrogen and oxygen atoms in total. The molecule has 0 unspecified atom stereocenters. The van der Waals surface area contributed by atoms with Crippen LogP contribution in [0.25, 0.3) is 0 Å². The third-order valence-electron chi connectivity index (χ3n) is 6.36. The molecule has 1 aromatic carbocycles. The molecule has 30 heavy (non-hydrogen) atoms. The van der Waals surface area contributed by atoms with E-state index < -0.39 is 0 Å². The molecule has 2 rings (SSSR count). The lowest BCUT2D eigenvalue weighted by molar-refractivity contribution is -0.132. The van der Waals surface area contributed by atoms with E-state index in [-0.39, 0.29) is 16.9 Å². The SMILES string of the molecule is COc1ccc(CN(CC[C@]2(CCC(C)C)CCOC(C)(C)C2)C(C)=O)cc1OC. The van der Waals surface area contributed by atoms with E-state index in [1.165, 1.54) is 12.8 Å². The van der Waals surface area contributed by atoms with E-state index in [9.17, 15) is 4.79 Å². The van der Waals surface area contributed by atoms with Crippen molar-refractivity contribution in [2.24, 2.45) is 11.3 Å². The molecule has 1 aromatic rings. The maximum Gasteiger partial charge on any atom is 0.219 e. The zero-order valence-electron chi connectivity index (χ0n) is 20.0. The van der Waals surface area contributed by atoms with Gasteiger partial charge in [0.1, 0.15) is 0 Å². The number of amides is 1. The van der Waals surface area contributed by atoms with Gasteiger partial charge in [-0.05, 0) is 68.6 Å². The first kappa shape index (κ1) is 24.5. The van der Waals surface area contributed by atoms with Gasteiger partial charge in [0.2, 0.25) is 5.91 Å². The molecule has 1 atom stereocenters. The summed E-state index contributed by atoms with van der Waals surface area (Å²) < 4.78 is 16.8. The van der Waals surface area contributed by atoms with E-state index in [0.29, 0.717) is 24.0 Å². The van der Waals surface area contributed by atoms with Crippen molar-refractivity contribution >= 4 is 5.91 Å². The molecule has 0 radical (unpaired) electrons. The van der Waals surface area contributed by atoms with Crippen molar-refractivity contribution in [2.45, 2.75) is 78.9 Å². The number of nitrogens with zero attached hydrogens (tertiary/aromatic N) is 1. The number of rotatable bonds is 10. The predicted molar refractivity (Wildman–Crippen MR) is 121 cm³/mol. The van der Waals surface area contributed by atoms with Crippen LogP contribution in [-0.2, 0) is 16.1 Å². The lowest BCUT2D eigenvalue weighted by Crippen LogP contribution is -2.43. The molecule has 1 heterocycles. The lowest BCUT2D eigenvalue weighted by Gasteiger charge is -2.46. The Bertz CT molecular complexity index is 700. The largest absolute Gasteiger partial charge is 0.493 e. The van der Waals surface area contributed by atoms with E-state index in [4.69, 9.17) is 14.2 Å². The standard InChI is InChI=1S/C25H41NO4/c1-19(2)10-11-25(13-15-30-24(4,5)18-25)12-14-26(20(3)27)17-21-8-9-22(28-6)23(16-21)29-7/h8-9,16,19H,10-15,17-18H2,1-7H3/t25-/m1/s1. The third kappa shape index (κ3) is 6.90. The average molecular weight is 420 g/mol. The van der Waals surface area contributed by atoms with Crippen LogP contribution in [0.3, 0.4) is 0 Å². The zero-order chi connectivity index (χ0) is 22.4. The van der Waals surface area contributed by atoms with Crippen LogP contribution >= 0.6 is 0 Å². The van der Waals surface area contributed by atoms with E-state index in [2.05, 4.69) is 27.7 Å². The fourth-order valence-electron chi connectivity index (χ4n) is 4.65. The Balaban J connectivity index is 2.13. The Kier molecular flexibility index (Phi) is 8.60. The Hall–Kier alpha value is -1.75. The molecule has 1 fully saturated rings. The van der Waals surface area contributed by atoms with E-state index >= 15 is 0 Å². The number of methoxy groups -OCH3 is 2. The first-order chi connectivity index (χ1) is 14.1. The van der Waals surface area contributed by atoms with Gasteiger partial charge >= 0.3 is 0 Å². The Morgan fingerprint density at radius 1 is 1.17 bits per heavy atom. The minimum Gasteiger partial charge on any atom is -0.493 e. The van der Waals surface area contributed by atoms with Crippen LogP contribution in [0, 0.1) is 11.3 Å². The summed E-state index contributed by atoms with van der Waals surface area (Å²) in [5.41, 5.74) is 1.18. The maximum atomic E-state index is 12.4. The van der Waals surface area contributed by atoms with Gasteiger partial charge in [0.15, 0.2) is 11.5 Å².